The lowest BCUT2D eigenvalue weighted by molar-refractivity contribution is 0.174. The maximum atomic E-state index is 4.90. The SMILES string of the molecule is Cc1cc(C)c2nc(C3CCC4CCCCC4N3)[nH]c2c1. The highest BCUT2D eigenvalue weighted by atomic mass is 15.1. The number of hydrogen-bond acceptors (Lipinski definition) is 2. The van der Waals surface area contributed by atoms with Gasteiger partial charge in [0.05, 0.1) is 17.1 Å². The molecule has 1 saturated heterocycles. The third-order valence-corrected chi connectivity index (χ3v) is 5.42. The van der Waals surface area contributed by atoms with E-state index >= 15 is 0 Å². The molecule has 0 amide bonds. The average molecular weight is 283 g/mol. The number of fused-ring (bicyclic) bond motifs is 2. The molecular formula is C18H25N3. The Bertz CT molecular complexity index is 658. The second kappa shape index (κ2) is 5.13. The molecule has 3 nitrogen and oxygen atoms in total. The van der Waals surface area contributed by atoms with Gasteiger partial charge in [-0.3, -0.25) is 0 Å². The number of rotatable bonds is 1. The second-order valence-electron chi connectivity index (χ2n) is 7.05. The Hall–Kier alpha value is -1.35. The summed E-state index contributed by atoms with van der Waals surface area (Å²) < 4.78 is 0. The summed E-state index contributed by atoms with van der Waals surface area (Å²) in [7, 11) is 0. The van der Waals surface area contributed by atoms with E-state index in [1.165, 1.54) is 55.2 Å². The minimum Gasteiger partial charge on any atom is -0.341 e. The van der Waals surface area contributed by atoms with E-state index in [0.29, 0.717) is 12.1 Å². The van der Waals surface area contributed by atoms with Crippen molar-refractivity contribution in [1.82, 2.24) is 15.3 Å². The maximum absolute atomic E-state index is 4.90. The van der Waals surface area contributed by atoms with Crippen LogP contribution in [0.15, 0.2) is 12.1 Å². The lowest BCUT2D eigenvalue weighted by Crippen LogP contribution is -2.45. The third-order valence-electron chi connectivity index (χ3n) is 5.42. The van der Waals surface area contributed by atoms with Crippen LogP contribution in [0.2, 0.25) is 0 Å². The third kappa shape index (κ3) is 2.38. The van der Waals surface area contributed by atoms with Gasteiger partial charge >= 0.3 is 0 Å². The van der Waals surface area contributed by atoms with Gasteiger partial charge in [0.2, 0.25) is 0 Å². The number of piperidine rings is 1. The van der Waals surface area contributed by atoms with Crippen LogP contribution >= 0.6 is 0 Å². The summed E-state index contributed by atoms with van der Waals surface area (Å²) in [5.41, 5.74) is 4.91. The van der Waals surface area contributed by atoms with Gasteiger partial charge in [0.15, 0.2) is 0 Å². The van der Waals surface area contributed by atoms with Crippen LogP contribution < -0.4 is 5.32 Å². The fourth-order valence-electron chi connectivity index (χ4n) is 4.37. The van der Waals surface area contributed by atoms with Gasteiger partial charge in [-0.05, 0) is 62.6 Å². The largest absolute Gasteiger partial charge is 0.341 e. The van der Waals surface area contributed by atoms with Gasteiger partial charge in [-0.1, -0.05) is 18.9 Å². The summed E-state index contributed by atoms with van der Waals surface area (Å²) in [6.07, 6.45) is 8.16. The minimum absolute atomic E-state index is 0.413. The van der Waals surface area contributed by atoms with Crippen molar-refractivity contribution in [3.05, 3.63) is 29.1 Å². The number of imidazole rings is 1. The topological polar surface area (TPSA) is 40.7 Å². The molecule has 2 aliphatic rings. The standard InChI is InChI=1S/C18H25N3/c1-11-9-12(2)17-16(10-11)20-18(21-17)15-8-7-13-5-3-4-6-14(13)19-15/h9-10,13-15,19H,3-8H2,1-2H3,(H,20,21). The second-order valence-corrected chi connectivity index (χ2v) is 7.05. The number of H-pyrrole nitrogens is 1. The summed E-state index contributed by atoms with van der Waals surface area (Å²) in [4.78, 5) is 8.47. The van der Waals surface area contributed by atoms with Gasteiger partial charge in [-0.15, -0.1) is 0 Å². The highest BCUT2D eigenvalue weighted by molar-refractivity contribution is 5.79. The summed E-state index contributed by atoms with van der Waals surface area (Å²) in [5, 5.41) is 3.87. The normalized spacial score (nSPS) is 29.5. The van der Waals surface area contributed by atoms with Crippen molar-refractivity contribution >= 4 is 11.0 Å². The number of aromatic amines is 1. The van der Waals surface area contributed by atoms with E-state index in [1.54, 1.807) is 0 Å². The molecule has 0 bridgehead atoms. The van der Waals surface area contributed by atoms with Crippen molar-refractivity contribution in [2.45, 2.75) is 64.5 Å². The zero-order valence-corrected chi connectivity index (χ0v) is 13.1. The van der Waals surface area contributed by atoms with E-state index < -0.39 is 0 Å². The molecule has 1 aliphatic carbocycles. The van der Waals surface area contributed by atoms with Crippen molar-refractivity contribution in [1.29, 1.82) is 0 Å². The molecule has 21 heavy (non-hydrogen) atoms. The predicted molar refractivity (Wildman–Crippen MR) is 86.4 cm³/mol. The molecule has 1 saturated carbocycles. The van der Waals surface area contributed by atoms with E-state index in [1.807, 2.05) is 0 Å². The van der Waals surface area contributed by atoms with E-state index in [-0.39, 0.29) is 0 Å². The molecule has 2 aromatic rings. The molecule has 1 aromatic carbocycles. The van der Waals surface area contributed by atoms with Gasteiger partial charge in [-0.2, -0.15) is 0 Å². The zero-order chi connectivity index (χ0) is 14.4. The molecule has 1 aromatic heterocycles. The average Bonchev–Trinajstić information content (AvgIpc) is 2.91. The molecule has 2 N–H and O–H groups in total. The molecule has 2 heterocycles. The van der Waals surface area contributed by atoms with Crippen LogP contribution in [0.1, 0.15) is 61.5 Å². The molecule has 2 fully saturated rings. The molecule has 0 spiro atoms. The van der Waals surface area contributed by atoms with Crippen molar-refractivity contribution in [3.8, 4) is 0 Å². The van der Waals surface area contributed by atoms with E-state index in [4.69, 9.17) is 4.98 Å². The first-order valence-corrected chi connectivity index (χ1v) is 8.43. The molecule has 3 unspecified atom stereocenters. The highest BCUT2D eigenvalue weighted by Crippen LogP contribution is 2.36. The van der Waals surface area contributed by atoms with Gasteiger partial charge in [0.1, 0.15) is 5.82 Å². The smallest absolute Gasteiger partial charge is 0.124 e. The summed E-state index contributed by atoms with van der Waals surface area (Å²) in [5.74, 6) is 2.05. The van der Waals surface area contributed by atoms with Crippen molar-refractivity contribution in [3.63, 3.8) is 0 Å². The fourth-order valence-corrected chi connectivity index (χ4v) is 4.37. The first kappa shape index (κ1) is 13.3. The number of aryl methyl sites for hydroxylation is 2. The highest BCUT2D eigenvalue weighted by Gasteiger charge is 2.33. The van der Waals surface area contributed by atoms with Crippen LogP contribution in [-0.2, 0) is 0 Å². The lowest BCUT2D eigenvalue weighted by atomic mass is 9.77. The van der Waals surface area contributed by atoms with Crippen LogP contribution in [0.25, 0.3) is 11.0 Å². The molecule has 3 heteroatoms. The van der Waals surface area contributed by atoms with Gasteiger partial charge in [-0.25, -0.2) is 4.98 Å². The Morgan fingerprint density at radius 3 is 2.81 bits per heavy atom. The number of nitrogens with one attached hydrogen (secondary N) is 2. The van der Waals surface area contributed by atoms with Crippen LogP contribution in [-0.4, -0.2) is 16.0 Å². The Morgan fingerprint density at radius 1 is 1.05 bits per heavy atom. The quantitative estimate of drug-likeness (QED) is 0.825. The first-order chi connectivity index (χ1) is 10.2. The Balaban J connectivity index is 1.63. The summed E-state index contributed by atoms with van der Waals surface area (Å²) >= 11 is 0. The molecule has 4 rings (SSSR count). The molecule has 1 aliphatic heterocycles. The number of benzene rings is 1. The predicted octanol–water partition coefficient (Wildman–Crippen LogP) is 4.16. The van der Waals surface area contributed by atoms with Gasteiger partial charge in [0.25, 0.3) is 0 Å². The molecular weight excluding hydrogens is 258 g/mol. The van der Waals surface area contributed by atoms with E-state index in [0.717, 1.165) is 17.3 Å². The van der Waals surface area contributed by atoms with Crippen molar-refractivity contribution in [2.75, 3.05) is 0 Å². The van der Waals surface area contributed by atoms with Gasteiger partial charge in [0, 0.05) is 6.04 Å². The fraction of sp³-hybridized carbons (Fsp3) is 0.611. The maximum Gasteiger partial charge on any atom is 0.124 e. The van der Waals surface area contributed by atoms with Crippen molar-refractivity contribution in [2.24, 2.45) is 5.92 Å². The summed E-state index contributed by atoms with van der Waals surface area (Å²) in [6.45, 7) is 4.31. The number of nitrogens with zero attached hydrogens (tertiary/aromatic N) is 1. The van der Waals surface area contributed by atoms with Crippen LogP contribution in [0.4, 0.5) is 0 Å². The van der Waals surface area contributed by atoms with Gasteiger partial charge < -0.3 is 10.3 Å². The minimum atomic E-state index is 0.413. The zero-order valence-electron chi connectivity index (χ0n) is 13.1. The monoisotopic (exact) mass is 283 g/mol. The van der Waals surface area contributed by atoms with E-state index in [9.17, 15) is 0 Å². The molecule has 3 atom stereocenters. The Kier molecular flexibility index (Phi) is 3.26. The molecule has 0 radical (unpaired) electrons. The molecule has 112 valence electrons. The van der Waals surface area contributed by atoms with E-state index in [2.05, 4.69) is 36.3 Å². The number of hydrogen-bond donors (Lipinski definition) is 2. The Morgan fingerprint density at radius 2 is 1.90 bits per heavy atom. The van der Waals surface area contributed by atoms with Crippen LogP contribution in [0.5, 0.6) is 0 Å². The number of aromatic nitrogens is 2. The summed E-state index contributed by atoms with van der Waals surface area (Å²) in [6, 6.07) is 5.56. The van der Waals surface area contributed by atoms with Crippen LogP contribution in [0.3, 0.4) is 0 Å². The first-order valence-electron chi connectivity index (χ1n) is 8.43. The van der Waals surface area contributed by atoms with Crippen molar-refractivity contribution < 1.29 is 0 Å². The Labute approximate surface area is 126 Å². The van der Waals surface area contributed by atoms with Crippen LogP contribution in [0, 0.1) is 19.8 Å². The lowest BCUT2D eigenvalue weighted by Gasteiger charge is -2.39.